The van der Waals surface area contributed by atoms with Crippen LogP contribution in [0.25, 0.3) is 27.8 Å². The lowest BCUT2D eigenvalue weighted by Crippen LogP contribution is -2.42. The third kappa shape index (κ3) is 2.29. The molecule has 2 aliphatic rings. The molecule has 0 saturated carbocycles. The first-order chi connectivity index (χ1) is 13.3. The molecule has 5 heterocycles. The number of benzene rings is 1. The SMILES string of the molecule is Clc1c(-c2c[nH]c3ccccc23)nc(NC2CC3CNC2O3)c2nccn12. The van der Waals surface area contributed by atoms with Crippen molar-refractivity contribution < 1.29 is 4.74 Å². The van der Waals surface area contributed by atoms with Crippen molar-refractivity contribution in [1.29, 1.82) is 0 Å². The summed E-state index contributed by atoms with van der Waals surface area (Å²) in [5.74, 6) is 0.715. The van der Waals surface area contributed by atoms with E-state index in [-0.39, 0.29) is 18.4 Å². The maximum atomic E-state index is 6.71. The lowest BCUT2D eigenvalue weighted by molar-refractivity contribution is 0.0979. The summed E-state index contributed by atoms with van der Waals surface area (Å²) in [7, 11) is 0. The normalized spacial score (nSPS) is 24.3. The zero-order valence-electron chi connectivity index (χ0n) is 14.3. The number of nitrogens with one attached hydrogen (secondary N) is 3. The molecular weight excluding hydrogens is 364 g/mol. The Kier molecular flexibility index (Phi) is 3.26. The molecule has 0 aliphatic carbocycles. The van der Waals surface area contributed by atoms with Gasteiger partial charge in [0, 0.05) is 41.6 Å². The van der Waals surface area contributed by atoms with Gasteiger partial charge in [0.25, 0.3) is 0 Å². The maximum Gasteiger partial charge on any atom is 0.181 e. The van der Waals surface area contributed by atoms with Crippen LogP contribution in [0.2, 0.25) is 5.15 Å². The van der Waals surface area contributed by atoms with E-state index in [1.807, 2.05) is 35.0 Å². The molecule has 0 spiro atoms. The van der Waals surface area contributed by atoms with Gasteiger partial charge in [-0.25, -0.2) is 9.97 Å². The van der Waals surface area contributed by atoms with Crippen LogP contribution in [0.5, 0.6) is 0 Å². The van der Waals surface area contributed by atoms with Gasteiger partial charge in [0.2, 0.25) is 0 Å². The Morgan fingerprint density at radius 3 is 3.07 bits per heavy atom. The molecule has 2 aliphatic heterocycles. The van der Waals surface area contributed by atoms with Gasteiger partial charge in [0.15, 0.2) is 11.5 Å². The van der Waals surface area contributed by atoms with Gasteiger partial charge < -0.3 is 15.0 Å². The number of ether oxygens (including phenoxy) is 1. The molecule has 2 fully saturated rings. The van der Waals surface area contributed by atoms with Gasteiger partial charge in [-0.15, -0.1) is 0 Å². The van der Waals surface area contributed by atoms with Crippen molar-refractivity contribution in [2.75, 3.05) is 11.9 Å². The predicted molar refractivity (Wildman–Crippen MR) is 104 cm³/mol. The highest BCUT2D eigenvalue weighted by atomic mass is 35.5. The van der Waals surface area contributed by atoms with Crippen molar-refractivity contribution in [3.63, 3.8) is 0 Å². The molecule has 1 aromatic carbocycles. The van der Waals surface area contributed by atoms with Crippen molar-refractivity contribution in [3.8, 4) is 11.3 Å². The van der Waals surface area contributed by atoms with E-state index < -0.39 is 0 Å². The molecule has 2 saturated heterocycles. The Balaban J connectivity index is 1.50. The van der Waals surface area contributed by atoms with Gasteiger partial charge >= 0.3 is 0 Å². The minimum Gasteiger partial charge on any atom is -0.360 e. The molecule has 3 N–H and O–H groups in total. The Hall–Kier alpha value is -2.61. The number of H-pyrrole nitrogens is 1. The largest absolute Gasteiger partial charge is 0.360 e. The van der Waals surface area contributed by atoms with Crippen LogP contribution in [0.15, 0.2) is 42.9 Å². The van der Waals surface area contributed by atoms with Crippen LogP contribution in [-0.2, 0) is 4.74 Å². The molecule has 8 heteroatoms. The smallest absolute Gasteiger partial charge is 0.181 e. The summed E-state index contributed by atoms with van der Waals surface area (Å²) in [5.41, 5.74) is 3.46. The molecule has 0 radical (unpaired) electrons. The summed E-state index contributed by atoms with van der Waals surface area (Å²) >= 11 is 6.71. The standard InChI is InChI=1S/C19H17ClN6O/c20-16-15(12-9-22-13-4-2-1-3-11(12)13)25-17(18-21-5-6-26(16)18)24-14-7-10-8-23-19(14)27-10/h1-6,9-10,14,19,22-23H,7-8H2,(H,24,25). The fraction of sp³-hybridized carbons (Fsp3) is 0.263. The van der Waals surface area contributed by atoms with Crippen LogP contribution in [0, 0.1) is 0 Å². The van der Waals surface area contributed by atoms with E-state index in [0.717, 1.165) is 35.1 Å². The molecule has 27 heavy (non-hydrogen) atoms. The molecule has 0 amide bonds. The van der Waals surface area contributed by atoms with E-state index in [4.69, 9.17) is 21.3 Å². The zero-order valence-corrected chi connectivity index (χ0v) is 15.1. The molecule has 3 unspecified atom stereocenters. The van der Waals surface area contributed by atoms with E-state index in [9.17, 15) is 0 Å². The quantitative estimate of drug-likeness (QED) is 0.509. The Morgan fingerprint density at radius 2 is 2.22 bits per heavy atom. The monoisotopic (exact) mass is 380 g/mol. The number of para-hydroxylation sites is 1. The number of hydrogen-bond acceptors (Lipinski definition) is 5. The number of aromatic nitrogens is 4. The number of imidazole rings is 1. The average molecular weight is 381 g/mol. The average Bonchev–Trinajstić information content (AvgIpc) is 3.47. The zero-order chi connectivity index (χ0) is 18.0. The number of fused-ring (bicyclic) bond motifs is 4. The summed E-state index contributed by atoms with van der Waals surface area (Å²) in [5, 5.41) is 8.53. The third-order valence-electron chi connectivity index (χ3n) is 5.42. The predicted octanol–water partition coefficient (Wildman–Crippen LogP) is 3.03. The number of hydrogen-bond donors (Lipinski definition) is 3. The molecule has 7 nitrogen and oxygen atoms in total. The van der Waals surface area contributed by atoms with Crippen LogP contribution in [0.1, 0.15) is 6.42 Å². The van der Waals surface area contributed by atoms with Crippen molar-refractivity contribution in [2.45, 2.75) is 24.8 Å². The minimum absolute atomic E-state index is 0.0130. The highest BCUT2D eigenvalue weighted by Crippen LogP contribution is 2.35. The second kappa shape index (κ2) is 5.69. The molecule has 6 rings (SSSR count). The summed E-state index contributed by atoms with van der Waals surface area (Å²) in [6.45, 7) is 0.913. The Labute approximate surface area is 159 Å². The summed E-state index contributed by atoms with van der Waals surface area (Å²) in [4.78, 5) is 12.6. The van der Waals surface area contributed by atoms with Gasteiger partial charge in [-0.2, -0.15) is 0 Å². The fourth-order valence-corrected chi connectivity index (χ4v) is 4.42. The molecule has 4 aromatic rings. The Morgan fingerprint density at radius 1 is 1.30 bits per heavy atom. The van der Waals surface area contributed by atoms with E-state index in [2.05, 4.69) is 26.7 Å². The van der Waals surface area contributed by atoms with Crippen LogP contribution in [0.4, 0.5) is 5.82 Å². The van der Waals surface area contributed by atoms with Gasteiger partial charge in [-0.3, -0.25) is 9.72 Å². The summed E-state index contributed by atoms with van der Waals surface area (Å²) < 4.78 is 7.75. The van der Waals surface area contributed by atoms with E-state index in [1.165, 1.54) is 0 Å². The first-order valence-electron chi connectivity index (χ1n) is 9.02. The van der Waals surface area contributed by atoms with E-state index in [1.54, 1.807) is 6.20 Å². The summed E-state index contributed by atoms with van der Waals surface area (Å²) in [6.07, 6.45) is 6.79. The van der Waals surface area contributed by atoms with E-state index >= 15 is 0 Å². The minimum atomic E-state index is 0.0130. The molecule has 2 bridgehead atoms. The first kappa shape index (κ1) is 15.4. The van der Waals surface area contributed by atoms with Gasteiger partial charge in [0.05, 0.1) is 12.1 Å². The van der Waals surface area contributed by atoms with Crippen molar-refractivity contribution in [3.05, 3.63) is 48.0 Å². The number of aromatic amines is 1. The highest BCUT2D eigenvalue weighted by Gasteiger charge is 2.41. The van der Waals surface area contributed by atoms with E-state index in [0.29, 0.717) is 16.6 Å². The van der Waals surface area contributed by atoms with Crippen LogP contribution < -0.4 is 10.6 Å². The van der Waals surface area contributed by atoms with Crippen LogP contribution >= 0.6 is 11.6 Å². The van der Waals surface area contributed by atoms with Crippen molar-refractivity contribution >= 4 is 34.0 Å². The third-order valence-corrected chi connectivity index (χ3v) is 5.78. The topological polar surface area (TPSA) is 79.3 Å². The number of anilines is 1. The molecular formula is C19H17ClN6O. The lowest BCUT2D eigenvalue weighted by Gasteiger charge is -2.22. The van der Waals surface area contributed by atoms with Crippen molar-refractivity contribution in [2.24, 2.45) is 0 Å². The van der Waals surface area contributed by atoms with Crippen LogP contribution in [0.3, 0.4) is 0 Å². The number of halogens is 1. The summed E-state index contributed by atoms with van der Waals surface area (Å²) in [6, 6.07) is 8.29. The van der Waals surface area contributed by atoms with Gasteiger partial charge in [0.1, 0.15) is 17.1 Å². The lowest BCUT2D eigenvalue weighted by atomic mass is 10.1. The van der Waals surface area contributed by atoms with Gasteiger partial charge in [-0.05, 0) is 12.5 Å². The molecule has 136 valence electrons. The second-order valence-electron chi connectivity index (χ2n) is 7.04. The number of nitrogens with zero attached hydrogens (tertiary/aromatic N) is 3. The molecule has 3 aromatic heterocycles. The fourth-order valence-electron chi connectivity index (χ4n) is 4.14. The first-order valence-corrected chi connectivity index (χ1v) is 9.40. The van der Waals surface area contributed by atoms with Crippen LogP contribution in [-0.4, -0.2) is 44.3 Å². The second-order valence-corrected chi connectivity index (χ2v) is 7.40. The Bertz CT molecular complexity index is 1170. The van der Waals surface area contributed by atoms with Crippen molar-refractivity contribution in [1.82, 2.24) is 24.7 Å². The highest BCUT2D eigenvalue weighted by molar-refractivity contribution is 6.32. The van der Waals surface area contributed by atoms with Gasteiger partial charge in [-0.1, -0.05) is 29.8 Å². The molecule has 3 atom stereocenters. The number of rotatable bonds is 3. The maximum absolute atomic E-state index is 6.71. The number of piperidine rings is 1.